The molecular weight excluding hydrogens is 400 g/mol. The fraction of sp³-hybridized carbons (Fsp3) is 0.263. The summed E-state index contributed by atoms with van der Waals surface area (Å²) in [6.45, 7) is 1.50. The van der Waals surface area contributed by atoms with Crippen LogP contribution in [0.15, 0.2) is 42.6 Å². The van der Waals surface area contributed by atoms with Crippen LogP contribution in [0, 0.1) is 17.0 Å². The van der Waals surface area contributed by atoms with Gasteiger partial charge >= 0.3 is 0 Å². The SMILES string of the molecule is CN1C(=N)N[C@](C)(c2ccc(F)cc2F)[C@@H](c2ccc3c(cnn3C)c2)S1(=O)=O. The van der Waals surface area contributed by atoms with Crippen molar-refractivity contribution in [1.82, 2.24) is 19.4 Å². The molecule has 0 spiro atoms. The minimum atomic E-state index is -4.09. The smallest absolute Gasteiger partial charge is 0.246 e. The molecule has 29 heavy (non-hydrogen) atoms. The second kappa shape index (κ2) is 6.24. The number of rotatable bonds is 2. The van der Waals surface area contributed by atoms with E-state index in [4.69, 9.17) is 5.41 Å². The summed E-state index contributed by atoms with van der Waals surface area (Å²) in [5.41, 5.74) is -0.373. The lowest BCUT2D eigenvalue weighted by atomic mass is 9.84. The quantitative estimate of drug-likeness (QED) is 0.668. The maximum absolute atomic E-state index is 14.7. The summed E-state index contributed by atoms with van der Waals surface area (Å²) in [7, 11) is -1.05. The first-order chi connectivity index (χ1) is 13.6. The van der Waals surface area contributed by atoms with Gasteiger partial charge in [-0.3, -0.25) is 10.1 Å². The average molecular weight is 419 g/mol. The van der Waals surface area contributed by atoms with Crippen molar-refractivity contribution < 1.29 is 17.2 Å². The lowest BCUT2D eigenvalue weighted by Crippen LogP contribution is -2.62. The largest absolute Gasteiger partial charge is 0.345 e. The summed E-state index contributed by atoms with van der Waals surface area (Å²) in [6, 6.07) is 8.07. The maximum atomic E-state index is 14.7. The van der Waals surface area contributed by atoms with Gasteiger partial charge in [-0.15, -0.1) is 0 Å². The van der Waals surface area contributed by atoms with Crippen LogP contribution in [0.1, 0.15) is 23.3 Å². The predicted octanol–water partition coefficient (Wildman–Crippen LogP) is 2.61. The molecule has 1 aromatic heterocycles. The average Bonchev–Trinajstić information content (AvgIpc) is 3.00. The fourth-order valence-electron chi connectivity index (χ4n) is 3.94. The molecule has 3 aromatic rings. The van der Waals surface area contributed by atoms with Crippen molar-refractivity contribution >= 4 is 26.9 Å². The van der Waals surface area contributed by atoms with Crippen LogP contribution >= 0.6 is 0 Å². The highest BCUT2D eigenvalue weighted by molar-refractivity contribution is 7.90. The second-order valence-corrected chi connectivity index (χ2v) is 9.33. The third kappa shape index (κ3) is 2.78. The van der Waals surface area contributed by atoms with Crippen LogP contribution in [0.5, 0.6) is 0 Å². The second-order valence-electron chi connectivity index (χ2n) is 7.28. The molecule has 0 aliphatic carbocycles. The van der Waals surface area contributed by atoms with Crippen LogP contribution < -0.4 is 5.32 Å². The summed E-state index contributed by atoms with van der Waals surface area (Å²) in [5, 5.41) is 14.5. The highest BCUT2D eigenvalue weighted by Crippen LogP contribution is 2.45. The molecule has 2 heterocycles. The highest BCUT2D eigenvalue weighted by Gasteiger charge is 2.53. The number of halogens is 2. The van der Waals surface area contributed by atoms with E-state index < -0.39 is 38.4 Å². The Morgan fingerprint density at radius 2 is 1.90 bits per heavy atom. The van der Waals surface area contributed by atoms with Gasteiger partial charge in [0.2, 0.25) is 16.0 Å². The van der Waals surface area contributed by atoms with Gasteiger partial charge < -0.3 is 5.32 Å². The van der Waals surface area contributed by atoms with Crippen molar-refractivity contribution in [3.63, 3.8) is 0 Å². The number of sulfonamides is 1. The Balaban J connectivity index is 1.99. The Kier molecular flexibility index (Phi) is 4.16. The van der Waals surface area contributed by atoms with Crippen LogP contribution in [0.4, 0.5) is 8.78 Å². The van der Waals surface area contributed by atoms with Crippen molar-refractivity contribution in [2.45, 2.75) is 17.7 Å². The molecular formula is C19H19F2N5O2S. The van der Waals surface area contributed by atoms with Gasteiger partial charge in [-0.05, 0) is 30.7 Å². The van der Waals surface area contributed by atoms with E-state index in [2.05, 4.69) is 10.4 Å². The lowest BCUT2D eigenvalue weighted by Gasteiger charge is -2.46. The Morgan fingerprint density at radius 1 is 1.17 bits per heavy atom. The normalized spacial score (nSPS) is 24.0. The number of aryl methyl sites for hydroxylation is 1. The van der Waals surface area contributed by atoms with E-state index in [1.54, 1.807) is 36.1 Å². The third-order valence-electron chi connectivity index (χ3n) is 5.46. The minimum Gasteiger partial charge on any atom is -0.345 e. The Labute approximate surface area is 166 Å². The number of aromatic nitrogens is 2. The molecule has 1 fully saturated rings. The monoisotopic (exact) mass is 419 g/mol. The van der Waals surface area contributed by atoms with Gasteiger partial charge in [-0.25, -0.2) is 21.5 Å². The van der Waals surface area contributed by atoms with Crippen molar-refractivity contribution in [3.05, 3.63) is 65.4 Å². The number of fused-ring (bicyclic) bond motifs is 1. The molecule has 0 radical (unpaired) electrons. The van der Waals surface area contributed by atoms with E-state index in [0.717, 1.165) is 21.3 Å². The topological polar surface area (TPSA) is 91.1 Å². The predicted molar refractivity (Wildman–Crippen MR) is 105 cm³/mol. The molecule has 0 amide bonds. The molecule has 152 valence electrons. The molecule has 2 aromatic carbocycles. The van der Waals surface area contributed by atoms with Gasteiger partial charge in [0.15, 0.2) is 0 Å². The molecule has 1 saturated heterocycles. The Hall–Kier alpha value is -3.01. The van der Waals surface area contributed by atoms with E-state index in [1.807, 2.05) is 0 Å². The number of nitrogens with zero attached hydrogens (tertiary/aromatic N) is 3. The van der Waals surface area contributed by atoms with Crippen LogP contribution in [0.2, 0.25) is 0 Å². The summed E-state index contributed by atoms with van der Waals surface area (Å²) >= 11 is 0. The molecule has 4 rings (SSSR count). The standard InChI is InChI=1S/C19H19F2N5O2S/c1-19(14-6-5-13(20)9-15(14)21)17(29(27,28)26(3)18(22)24-19)11-4-7-16-12(8-11)10-23-25(16)2/h4-10,17H,1-3H3,(H2,22,24)/t17-,19-/m1/s1. The minimum absolute atomic E-state index is 0.0448. The highest BCUT2D eigenvalue weighted by atomic mass is 32.2. The van der Waals surface area contributed by atoms with E-state index in [1.165, 1.54) is 20.0 Å². The number of nitrogens with one attached hydrogen (secondary N) is 2. The van der Waals surface area contributed by atoms with Gasteiger partial charge in [0.05, 0.1) is 17.3 Å². The maximum Gasteiger partial charge on any atom is 0.246 e. The van der Waals surface area contributed by atoms with Crippen molar-refractivity contribution in [2.75, 3.05) is 7.05 Å². The van der Waals surface area contributed by atoms with Crippen molar-refractivity contribution in [3.8, 4) is 0 Å². The van der Waals surface area contributed by atoms with E-state index in [-0.39, 0.29) is 5.56 Å². The first kappa shape index (κ1) is 19.3. The van der Waals surface area contributed by atoms with Crippen molar-refractivity contribution in [1.29, 1.82) is 5.41 Å². The Morgan fingerprint density at radius 3 is 2.59 bits per heavy atom. The van der Waals surface area contributed by atoms with Gasteiger partial charge in [-0.1, -0.05) is 12.1 Å². The lowest BCUT2D eigenvalue weighted by molar-refractivity contribution is 0.344. The molecule has 1 aliphatic rings. The number of benzene rings is 2. The first-order valence-corrected chi connectivity index (χ1v) is 10.3. The number of guanidine groups is 1. The van der Waals surface area contributed by atoms with Crippen LogP contribution in [-0.4, -0.2) is 35.5 Å². The number of hydrogen-bond donors (Lipinski definition) is 2. The zero-order valence-electron chi connectivity index (χ0n) is 15.9. The summed E-state index contributed by atoms with van der Waals surface area (Å²) in [6.07, 6.45) is 1.61. The molecule has 2 N–H and O–H groups in total. The summed E-state index contributed by atoms with van der Waals surface area (Å²) in [4.78, 5) is 0. The molecule has 2 atom stereocenters. The van der Waals surface area contributed by atoms with Gasteiger partial charge in [0.25, 0.3) is 0 Å². The molecule has 0 bridgehead atoms. The Bertz CT molecular complexity index is 1260. The number of hydrogen-bond acceptors (Lipinski definition) is 4. The van der Waals surface area contributed by atoms with Crippen LogP contribution in [-0.2, 0) is 22.6 Å². The molecule has 7 nitrogen and oxygen atoms in total. The van der Waals surface area contributed by atoms with Crippen molar-refractivity contribution in [2.24, 2.45) is 7.05 Å². The first-order valence-electron chi connectivity index (χ1n) is 8.77. The van der Waals surface area contributed by atoms with Gasteiger partial charge in [0, 0.05) is 31.1 Å². The van der Waals surface area contributed by atoms with Gasteiger partial charge in [-0.2, -0.15) is 5.10 Å². The molecule has 1 aliphatic heterocycles. The van der Waals surface area contributed by atoms with Crippen LogP contribution in [0.25, 0.3) is 10.9 Å². The molecule has 10 heteroatoms. The summed E-state index contributed by atoms with van der Waals surface area (Å²) in [5.74, 6) is -2.05. The third-order valence-corrected chi connectivity index (χ3v) is 7.75. The van der Waals surface area contributed by atoms with E-state index >= 15 is 0 Å². The van der Waals surface area contributed by atoms with E-state index in [0.29, 0.717) is 11.6 Å². The van der Waals surface area contributed by atoms with Gasteiger partial charge in [0.1, 0.15) is 16.9 Å². The zero-order valence-corrected chi connectivity index (χ0v) is 16.8. The summed E-state index contributed by atoms with van der Waals surface area (Å²) < 4.78 is 57.4. The zero-order chi connectivity index (χ0) is 21.1. The molecule has 0 unspecified atom stereocenters. The van der Waals surface area contributed by atoms with E-state index in [9.17, 15) is 17.2 Å². The van der Waals surface area contributed by atoms with Crippen LogP contribution in [0.3, 0.4) is 0 Å². The fourth-order valence-corrected chi connectivity index (χ4v) is 5.83. The molecule has 0 saturated carbocycles.